The number of hydrogen-bond acceptors (Lipinski definition) is 5. The monoisotopic (exact) mass is 457 g/mol. The molecular weight excluding hydrogens is 438 g/mol. The van der Waals surface area contributed by atoms with Crippen LogP contribution in [0.1, 0.15) is 10.4 Å². The Balaban J connectivity index is 1.73. The number of anilines is 3. The molecule has 3 aromatic carbocycles. The lowest BCUT2D eigenvalue weighted by Crippen LogP contribution is -2.39. The van der Waals surface area contributed by atoms with E-state index in [1.807, 2.05) is 18.2 Å². The van der Waals surface area contributed by atoms with Gasteiger partial charge >= 0.3 is 0 Å². The highest BCUT2D eigenvalue weighted by Gasteiger charge is 2.32. The quantitative estimate of drug-likeness (QED) is 0.598. The van der Waals surface area contributed by atoms with Crippen molar-refractivity contribution in [3.05, 3.63) is 77.3 Å². The van der Waals surface area contributed by atoms with Gasteiger partial charge in [-0.3, -0.25) is 9.10 Å². The third kappa shape index (κ3) is 4.17. The number of para-hydroxylation sites is 1. The van der Waals surface area contributed by atoms with Crippen LogP contribution in [-0.2, 0) is 10.0 Å². The van der Waals surface area contributed by atoms with Gasteiger partial charge in [0, 0.05) is 22.8 Å². The molecule has 0 saturated carbocycles. The fraction of sp³-hybridized carbons (Fsp3) is 0.136. The molecule has 0 saturated heterocycles. The summed E-state index contributed by atoms with van der Waals surface area (Å²) in [5, 5.41) is 6.27. The van der Waals surface area contributed by atoms with Crippen LogP contribution in [0.15, 0.2) is 71.6 Å². The first kappa shape index (κ1) is 21.0. The fourth-order valence-electron chi connectivity index (χ4n) is 3.39. The summed E-state index contributed by atoms with van der Waals surface area (Å²) < 4.78 is 33.5. The highest BCUT2D eigenvalue weighted by Crippen LogP contribution is 2.37. The minimum Gasteiger partial charge on any atom is -0.495 e. The Hall–Kier alpha value is -3.23. The van der Waals surface area contributed by atoms with E-state index in [-0.39, 0.29) is 28.1 Å². The van der Waals surface area contributed by atoms with E-state index in [0.717, 1.165) is 0 Å². The molecule has 0 spiro atoms. The zero-order chi connectivity index (χ0) is 22.0. The molecule has 1 aliphatic rings. The summed E-state index contributed by atoms with van der Waals surface area (Å²) in [5.41, 5.74) is 1.99. The third-order valence-corrected chi connectivity index (χ3v) is 6.95. The Bertz CT molecular complexity index is 1230. The first-order chi connectivity index (χ1) is 14.9. The van der Waals surface area contributed by atoms with Crippen LogP contribution in [0.25, 0.3) is 0 Å². The van der Waals surface area contributed by atoms with Crippen LogP contribution in [0.4, 0.5) is 17.1 Å². The Morgan fingerprint density at radius 1 is 1.10 bits per heavy atom. The van der Waals surface area contributed by atoms with E-state index in [2.05, 4.69) is 10.6 Å². The van der Waals surface area contributed by atoms with E-state index in [9.17, 15) is 13.2 Å². The number of rotatable bonds is 5. The van der Waals surface area contributed by atoms with E-state index >= 15 is 0 Å². The third-order valence-electron chi connectivity index (χ3n) is 4.88. The second-order valence-corrected chi connectivity index (χ2v) is 9.12. The number of hydrogen-bond donors (Lipinski definition) is 2. The van der Waals surface area contributed by atoms with Crippen LogP contribution in [-0.4, -0.2) is 34.5 Å². The van der Waals surface area contributed by atoms with Crippen molar-refractivity contribution >= 4 is 44.6 Å². The summed E-state index contributed by atoms with van der Waals surface area (Å²) in [6.45, 7) is 0.611. The molecule has 7 nitrogen and oxygen atoms in total. The molecule has 4 rings (SSSR count). The van der Waals surface area contributed by atoms with Gasteiger partial charge in [0.2, 0.25) is 0 Å². The maximum Gasteiger partial charge on any atom is 0.268 e. The van der Waals surface area contributed by atoms with Crippen molar-refractivity contribution in [1.82, 2.24) is 0 Å². The number of fused-ring (bicyclic) bond motifs is 1. The largest absolute Gasteiger partial charge is 0.495 e. The molecule has 3 aromatic rings. The predicted octanol–water partition coefficient (Wildman–Crippen LogP) is 4.22. The number of nitrogens with zero attached hydrogens (tertiary/aromatic N) is 1. The van der Waals surface area contributed by atoms with Gasteiger partial charge in [0.05, 0.1) is 25.0 Å². The van der Waals surface area contributed by atoms with Gasteiger partial charge in [0.25, 0.3) is 15.9 Å². The molecule has 1 amide bonds. The summed E-state index contributed by atoms with van der Waals surface area (Å²) in [7, 11) is -2.59. The highest BCUT2D eigenvalue weighted by atomic mass is 35.5. The SMILES string of the molecule is COc1ccc(Cl)cc1S(=O)(=O)N1CCNc2ccc(C(=O)Nc3ccccc3)cc21. The smallest absolute Gasteiger partial charge is 0.268 e. The summed E-state index contributed by atoms with van der Waals surface area (Å²) in [5.74, 6) is -0.139. The van der Waals surface area contributed by atoms with E-state index < -0.39 is 10.0 Å². The molecule has 1 aliphatic heterocycles. The van der Waals surface area contributed by atoms with Gasteiger partial charge in [-0.15, -0.1) is 0 Å². The lowest BCUT2D eigenvalue weighted by atomic mass is 10.1. The van der Waals surface area contributed by atoms with Crippen molar-refractivity contribution in [3.63, 3.8) is 0 Å². The van der Waals surface area contributed by atoms with E-state index in [1.54, 1.807) is 36.4 Å². The maximum absolute atomic E-state index is 13.5. The molecule has 0 aliphatic carbocycles. The maximum atomic E-state index is 13.5. The summed E-state index contributed by atoms with van der Waals surface area (Å²) in [6.07, 6.45) is 0. The van der Waals surface area contributed by atoms with Gasteiger partial charge < -0.3 is 15.4 Å². The van der Waals surface area contributed by atoms with Crippen molar-refractivity contribution in [3.8, 4) is 5.75 Å². The Morgan fingerprint density at radius 2 is 1.87 bits per heavy atom. The average Bonchev–Trinajstić information content (AvgIpc) is 2.79. The standard InChI is InChI=1S/C22H20ClN3O4S/c1-30-20-10-8-16(23)14-21(20)31(28,29)26-12-11-24-18-9-7-15(13-19(18)26)22(27)25-17-5-3-2-4-6-17/h2-10,13-14,24H,11-12H2,1H3,(H,25,27). The molecule has 9 heteroatoms. The van der Waals surface area contributed by atoms with Gasteiger partial charge in [-0.25, -0.2) is 8.42 Å². The summed E-state index contributed by atoms with van der Waals surface area (Å²) >= 11 is 6.06. The molecule has 0 fully saturated rings. The number of halogens is 1. The normalized spacial score (nSPS) is 13.2. The minimum atomic E-state index is -3.99. The number of nitrogens with one attached hydrogen (secondary N) is 2. The molecule has 0 unspecified atom stereocenters. The van der Waals surface area contributed by atoms with Gasteiger partial charge in [-0.2, -0.15) is 0 Å². The molecular formula is C22H20ClN3O4S. The van der Waals surface area contributed by atoms with Crippen LogP contribution >= 0.6 is 11.6 Å². The van der Waals surface area contributed by atoms with Gasteiger partial charge in [0.15, 0.2) is 0 Å². The average molecular weight is 458 g/mol. The first-order valence-corrected chi connectivity index (χ1v) is 11.3. The lowest BCUT2D eigenvalue weighted by Gasteiger charge is -2.32. The van der Waals surface area contributed by atoms with Crippen LogP contribution in [0.2, 0.25) is 5.02 Å². The predicted molar refractivity (Wildman–Crippen MR) is 122 cm³/mol. The number of sulfonamides is 1. The summed E-state index contributed by atoms with van der Waals surface area (Å²) in [4.78, 5) is 12.7. The second-order valence-electron chi connectivity index (χ2n) is 6.85. The second kappa shape index (κ2) is 8.49. The van der Waals surface area contributed by atoms with Gasteiger partial charge in [0.1, 0.15) is 10.6 Å². The number of benzene rings is 3. The molecule has 1 heterocycles. The highest BCUT2D eigenvalue weighted by molar-refractivity contribution is 7.93. The number of carbonyl (C=O) groups is 1. The minimum absolute atomic E-state index is 0.0329. The molecule has 160 valence electrons. The van der Waals surface area contributed by atoms with Crippen LogP contribution in [0.3, 0.4) is 0 Å². The van der Waals surface area contributed by atoms with E-state index in [4.69, 9.17) is 16.3 Å². The van der Waals surface area contributed by atoms with Crippen LogP contribution < -0.4 is 19.7 Å². The van der Waals surface area contributed by atoms with Crippen LogP contribution in [0.5, 0.6) is 5.75 Å². The van der Waals surface area contributed by atoms with Gasteiger partial charge in [-0.05, 0) is 48.5 Å². The molecule has 0 atom stereocenters. The number of ether oxygens (including phenoxy) is 1. The Kier molecular flexibility index (Phi) is 5.75. The Labute approximate surface area is 185 Å². The zero-order valence-corrected chi connectivity index (χ0v) is 18.2. The van der Waals surface area contributed by atoms with Crippen molar-refractivity contribution < 1.29 is 17.9 Å². The van der Waals surface area contributed by atoms with Crippen molar-refractivity contribution in [1.29, 1.82) is 0 Å². The van der Waals surface area contributed by atoms with Gasteiger partial charge in [-0.1, -0.05) is 29.8 Å². The Morgan fingerprint density at radius 3 is 2.61 bits per heavy atom. The molecule has 2 N–H and O–H groups in total. The molecule has 0 aromatic heterocycles. The summed E-state index contributed by atoms with van der Waals surface area (Å²) in [6, 6.07) is 18.4. The van der Waals surface area contributed by atoms with Crippen LogP contribution in [0, 0.1) is 0 Å². The number of carbonyl (C=O) groups excluding carboxylic acids is 1. The fourth-order valence-corrected chi connectivity index (χ4v) is 5.28. The molecule has 0 bridgehead atoms. The molecule has 0 radical (unpaired) electrons. The van der Waals surface area contributed by atoms with Crippen molar-refractivity contribution in [2.45, 2.75) is 4.90 Å². The number of methoxy groups -OCH3 is 1. The van der Waals surface area contributed by atoms with Crippen molar-refractivity contribution in [2.24, 2.45) is 0 Å². The topological polar surface area (TPSA) is 87.7 Å². The first-order valence-electron chi connectivity index (χ1n) is 9.51. The lowest BCUT2D eigenvalue weighted by molar-refractivity contribution is 0.102. The molecule has 31 heavy (non-hydrogen) atoms. The van der Waals surface area contributed by atoms with Crippen molar-refractivity contribution in [2.75, 3.05) is 35.1 Å². The van der Waals surface area contributed by atoms with E-state index in [0.29, 0.717) is 29.2 Å². The van der Waals surface area contributed by atoms with E-state index in [1.165, 1.54) is 23.5 Å². The zero-order valence-electron chi connectivity index (χ0n) is 16.6. The number of amides is 1.